The zero-order chi connectivity index (χ0) is 21.5. The zero-order valence-corrected chi connectivity index (χ0v) is 19.4. The summed E-state index contributed by atoms with van der Waals surface area (Å²) in [6.45, 7) is 7.79. The van der Waals surface area contributed by atoms with Crippen molar-refractivity contribution in [3.05, 3.63) is 68.7 Å². The third kappa shape index (κ3) is 3.90. The SMILES string of the molecule is Cc1cc(C)nc(-n2nc(C)c(CC(=O)NC3(c4cccc(Br)c4)CCC3)c2C)n1. The summed E-state index contributed by atoms with van der Waals surface area (Å²) in [5, 5.41) is 7.94. The van der Waals surface area contributed by atoms with Crippen molar-refractivity contribution >= 4 is 21.8 Å². The lowest BCUT2D eigenvalue weighted by Crippen LogP contribution is -2.51. The van der Waals surface area contributed by atoms with E-state index in [-0.39, 0.29) is 17.9 Å². The molecule has 0 aliphatic heterocycles. The van der Waals surface area contributed by atoms with Crippen molar-refractivity contribution in [3.8, 4) is 5.95 Å². The smallest absolute Gasteiger partial charge is 0.251 e. The summed E-state index contributed by atoms with van der Waals surface area (Å²) >= 11 is 3.55. The van der Waals surface area contributed by atoms with Gasteiger partial charge in [0.2, 0.25) is 5.91 Å². The van der Waals surface area contributed by atoms with Gasteiger partial charge in [-0.1, -0.05) is 28.1 Å². The van der Waals surface area contributed by atoms with Crippen molar-refractivity contribution in [1.82, 2.24) is 25.1 Å². The van der Waals surface area contributed by atoms with Gasteiger partial charge in [0, 0.05) is 27.1 Å². The molecule has 1 aliphatic rings. The molecule has 1 fully saturated rings. The second kappa shape index (κ2) is 7.95. The summed E-state index contributed by atoms with van der Waals surface area (Å²) in [5.74, 6) is 0.561. The number of carbonyl (C=O) groups is 1. The highest BCUT2D eigenvalue weighted by Crippen LogP contribution is 2.42. The molecule has 1 saturated carbocycles. The number of benzene rings is 1. The third-order valence-corrected chi connectivity index (χ3v) is 6.39. The van der Waals surface area contributed by atoms with E-state index in [0.29, 0.717) is 5.95 Å². The second-order valence-corrected chi connectivity index (χ2v) is 9.10. The van der Waals surface area contributed by atoms with Crippen molar-refractivity contribution in [1.29, 1.82) is 0 Å². The number of aryl methyl sites for hydroxylation is 3. The largest absolute Gasteiger partial charge is 0.346 e. The van der Waals surface area contributed by atoms with Crippen LogP contribution >= 0.6 is 15.9 Å². The molecule has 0 spiro atoms. The molecule has 1 aromatic carbocycles. The second-order valence-electron chi connectivity index (χ2n) is 8.18. The van der Waals surface area contributed by atoms with Gasteiger partial charge in [-0.3, -0.25) is 4.79 Å². The topological polar surface area (TPSA) is 72.7 Å². The monoisotopic (exact) mass is 467 g/mol. The van der Waals surface area contributed by atoms with Crippen LogP contribution in [0.1, 0.15) is 53.2 Å². The summed E-state index contributed by atoms with van der Waals surface area (Å²) in [6, 6.07) is 10.2. The van der Waals surface area contributed by atoms with Gasteiger partial charge in [0.15, 0.2) is 0 Å². The Morgan fingerprint density at radius 1 is 1.13 bits per heavy atom. The van der Waals surface area contributed by atoms with Gasteiger partial charge >= 0.3 is 0 Å². The molecule has 0 radical (unpaired) electrons. The maximum atomic E-state index is 13.0. The molecular weight excluding hydrogens is 442 g/mol. The summed E-state index contributed by atoms with van der Waals surface area (Å²) in [6.07, 6.45) is 3.33. The molecule has 7 heteroatoms. The van der Waals surface area contributed by atoms with E-state index in [1.165, 1.54) is 0 Å². The normalized spacial score (nSPS) is 15.0. The zero-order valence-electron chi connectivity index (χ0n) is 17.8. The van der Waals surface area contributed by atoms with E-state index in [4.69, 9.17) is 0 Å². The van der Waals surface area contributed by atoms with Crippen molar-refractivity contribution in [2.24, 2.45) is 0 Å². The first kappa shape index (κ1) is 20.7. The Labute approximate surface area is 185 Å². The van der Waals surface area contributed by atoms with Crippen LogP contribution in [0.15, 0.2) is 34.8 Å². The third-order valence-electron chi connectivity index (χ3n) is 5.90. The molecule has 0 saturated heterocycles. The lowest BCUT2D eigenvalue weighted by atomic mass is 9.71. The molecule has 1 N–H and O–H groups in total. The van der Waals surface area contributed by atoms with Crippen molar-refractivity contribution in [3.63, 3.8) is 0 Å². The first-order valence-electron chi connectivity index (χ1n) is 10.2. The lowest BCUT2D eigenvalue weighted by Gasteiger charge is -2.43. The molecule has 0 unspecified atom stereocenters. The van der Waals surface area contributed by atoms with Crippen LogP contribution in [0, 0.1) is 27.7 Å². The number of hydrogen-bond donors (Lipinski definition) is 1. The molecule has 3 aromatic rings. The van der Waals surface area contributed by atoms with Gasteiger partial charge in [-0.2, -0.15) is 5.10 Å². The number of amides is 1. The minimum atomic E-state index is -0.268. The Balaban J connectivity index is 1.57. The molecule has 156 valence electrons. The van der Waals surface area contributed by atoms with Gasteiger partial charge < -0.3 is 5.32 Å². The van der Waals surface area contributed by atoms with Gasteiger partial charge in [-0.05, 0) is 70.7 Å². The standard InChI is InChI=1S/C23H26BrN5O/c1-14-11-15(2)26-22(25-14)29-17(4)20(16(3)28-29)13-21(30)27-23(9-6-10-23)18-7-5-8-19(24)12-18/h5,7-8,11-12H,6,9-10,13H2,1-4H3,(H,27,30). The Hall–Kier alpha value is -2.54. The minimum absolute atomic E-state index is 0.0155. The molecule has 6 nitrogen and oxygen atoms in total. The Kier molecular flexibility index (Phi) is 5.49. The number of rotatable bonds is 5. The fourth-order valence-corrected chi connectivity index (χ4v) is 4.60. The van der Waals surface area contributed by atoms with Crippen LogP contribution in [0.4, 0.5) is 0 Å². The number of aromatic nitrogens is 4. The fourth-order valence-electron chi connectivity index (χ4n) is 4.20. The van der Waals surface area contributed by atoms with E-state index in [1.807, 2.05) is 45.9 Å². The van der Waals surface area contributed by atoms with Crippen LogP contribution in [-0.2, 0) is 16.8 Å². The quantitative estimate of drug-likeness (QED) is 0.603. The minimum Gasteiger partial charge on any atom is -0.346 e. The number of halogens is 1. The van der Waals surface area contributed by atoms with Gasteiger partial charge in [-0.25, -0.2) is 14.6 Å². The Morgan fingerprint density at radius 3 is 2.43 bits per heavy atom. The molecule has 30 heavy (non-hydrogen) atoms. The number of nitrogens with one attached hydrogen (secondary N) is 1. The highest BCUT2D eigenvalue weighted by atomic mass is 79.9. The summed E-state index contributed by atoms with van der Waals surface area (Å²) < 4.78 is 2.77. The molecule has 2 aromatic heterocycles. The Morgan fingerprint density at radius 2 is 1.83 bits per heavy atom. The molecule has 0 atom stereocenters. The van der Waals surface area contributed by atoms with Crippen LogP contribution < -0.4 is 5.32 Å². The molecular formula is C23H26BrN5O. The van der Waals surface area contributed by atoms with Gasteiger partial charge in [0.25, 0.3) is 5.95 Å². The van der Waals surface area contributed by atoms with E-state index in [0.717, 1.165) is 57.6 Å². The van der Waals surface area contributed by atoms with Crippen LogP contribution in [0.25, 0.3) is 5.95 Å². The van der Waals surface area contributed by atoms with E-state index >= 15 is 0 Å². The molecule has 0 bridgehead atoms. The molecule has 1 amide bonds. The summed E-state index contributed by atoms with van der Waals surface area (Å²) in [5.41, 5.74) is 5.34. The van der Waals surface area contributed by atoms with Crippen LogP contribution in [0.3, 0.4) is 0 Å². The van der Waals surface area contributed by atoms with E-state index in [2.05, 4.69) is 48.4 Å². The maximum Gasteiger partial charge on any atom is 0.251 e. The molecule has 4 rings (SSSR count). The predicted octanol–water partition coefficient (Wildman–Crippen LogP) is 4.40. The highest BCUT2D eigenvalue weighted by Gasteiger charge is 2.40. The van der Waals surface area contributed by atoms with Crippen LogP contribution in [0.5, 0.6) is 0 Å². The average molecular weight is 468 g/mol. The molecule has 1 aliphatic carbocycles. The number of hydrogen-bond acceptors (Lipinski definition) is 4. The van der Waals surface area contributed by atoms with Gasteiger partial charge in [0.05, 0.1) is 17.7 Å². The van der Waals surface area contributed by atoms with Gasteiger partial charge in [-0.15, -0.1) is 0 Å². The fraction of sp³-hybridized carbons (Fsp3) is 0.391. The van der Waals surface area contributed by atoms with Crippen LogP contribution in [0.2, 0.25) is 0 Å². The van der Waals surface area contributed by atoms with Crippen molar-refractivity contribution in [2.45, 2.75) is 58.9 Å². The first-order valence-corrected chi connectivity index (χ1v) is 11.0. The lowest BCUT2D eigenvalue weighted by molar-refractivity contribution is -0.123. The van der Waals surface area contributed by atoms with E-state index in [9.17, 15) is 4.79 Å². The van der Waals surface area contributed by atoms with Crippen molar-refractivity contribution < 1.29 is 4.79 Å². The maximum absolute atomic E-state index is 13.0. The summed E-state index contributed by atoms with van der Waals surface area (Å²) in [7, 11) is 0. The van der Waals surface area contributed by atoms with E-state index < -0.39 is 0 Å². The summed E-state index contributed by atoms with van der Waals surface area (Å²) in [4.78, 5) is 22.1. The predicted molar refractivity (Wildman–Crippen MR) is 120 cm³/mol. The number of nitrogens with zero attached hydrogens (tertiary/aromatic N) is 4. The Bertz CT molecular complexity index is 1100. The van der Waals surface area contributed by atoms with Gasteiger partial charge in [0.1, 0.15) is 0 Å². The highest BCUT2D eigenvalue weighted by molar-refractivity contribution is 9.10. The first-order chi connectivity index (χ1) is 14.3. The van der Waals surface area contributed by atoms with Crippen molar-refractivity contribution in [2.75, 3.05) is 0 Å². The number of carbonyl (C=O) groups excluding carboxylic acids is 1. The molecule has 2 heterocycles. The average Bonchev–Trinajstić information content (AvgIpc) is 2.92. The van der Waals surface area contributed by atoms with Crippen LogP contribution in [-0.4, -0.2) is 25.7 Å². The van der Waals surface area contributed by atoms with E-state index in [1.54, 1.807) is 4.68 Å².